The highest BCUT2D eigenvalue weighted by atomic mass is 79.9. The quantitative estimate of drug-likeness (QED) is 0.803. The van der Waals surface area contributed by atoms with Gasteiger partial charge in [-0.25, -0.2) is 18.6 Å². The van der Waals surface area contributed by atoms with Crippen LogP contribution in [-0.4, -0.2) is 16.6 Å². The SMILES string of the molecule is CC(C)(C)NC(=O)Oc1cc(Br)c(Oc2ccc(F)cc2F)cn1. The molecule has 1 amide bonds. The second-order valence-corrected chi connectivity index (χ2v) is 6.75. The Kier molecular flexibility index (Phi) is 5.38. The Morgan fingerprint density at radius 3 is 2.50 bits per heavy atom. The van der Waals surface area contributed by atoms with Crippen LogP contribution in [0, 0.1) is 11.6 Å². The Balaban J connectivity index is 2.11. The first-order chi connectivity index (χ1) is 11.1. The minimum absolute atomic E-state index is 0.0375. The van der Waals surface area contributed by atoms with Crippen LogP contribution in [0.25, 0.3) is 0 Å². The number of amides is 1. The van der Waals surface area contributed by atoms with Crippen molar-refractivity contribution < 1.29 is 23.0 Å². The standard InChI is InChI=1S/C16H15BrF2N2O3/c1-16(2,3)21-15(22)24-14-7-10(17)13(8-20-14)23-12-5-4-9(18)6-11(12)19/h4-8H,1-3H3,(H,21,22). The van der Waals surface area contributed by atoms with Crippen LogP contribution in [0.15, 0.2) is 34.9 Å². The number of carbonyl (C=O) groups excluding carboxylic acids is 1. The van der Waals surface area contributed by atoms with E-state index in [1.165, 1.54) is 12.3 Å². The van der Waals surface area contributed by atoms with Crippen molar-refractivity contribution in [2.45, 2.75) is 26.3 Å². The number of carbonyl (C=O) groups is 1. The minimum atomic E-state index is -0.841. The zero-order valence-corrected chi connectivity index (χ0v) is 14.8. The van der Waals surface area contributed by atoms with Crippen molar-refractivity contribution in [2.75, 3.05) is 0 Å². The summed E-state index contributed by atoms with van der Waals surface area (Å²) in [5, 5.41) is 2.62. The predicted molar refractivity (Wildman–Crippen MR) is 87.3 cm³/mol. The zero-order chi connectivity index (χ0) is 17.9. The van der Waals surface area contributed by atoms with E-state index in [1.807, 2.05) is 20.8 Å². The number of ether oxygens (including phenoxy) is 2. The molecular weight excluding hydrogens is 386 g/mol. The van der Waals surface area contributed by atoms with Crippen LogP contribution in [0.3, 0.4) is 0 Å². The molecule has 0 aliphatic rings. The van der Waals surface area contributed by atoms with Crippen molar-refractivity contribution in [1.29, 1.82) is 0 Å². The van der Waals surface area contributed by atoms with Crippen molar-refractivity contribution in [1.82, 2.24) is 10.3 Å². The number of nitrogens with one attached hydrogen (secondary N) is 1. The third-order valence-corrected chi connectivity index (χ3v) is 3.20. The molecule has 0 saturated carbocycles. The lowest BCUT2D eigenvalue weighted by Gasteiger charge is -2.19. The number of pyridine rings is 1. The van der Waals surface area contributed by atoms with E-state index in [2.05, 4.69) is 26.2 Å². The lowest BCUT2D eigenvalue weighted by Crippen LogP contribution is -2.42. The van der Waals surface area contributed by atoms with Gasteiger partial charge in [-0.05, 0) is 48.8 Å². The topological polar surface area (TPSA) is 60.5 Å². The van der Waals surface area contributed by atoms with Gasteiger partial charge in [-0.15, -0.1) is 0 Å². The number of aromatic nitrogens is 1. The summed E-state index contributed by atoms with van der Waals surface area (Å²) in [4.78, 5) is 15.6. The first-order valence-electron chi connectivity index (χ1n) is 6.92. The molecule has 0 unspecified atom stereocenters. The third-order valence-electron chi connectivity index (χ3n) is 2.58. The van der Waals surface area contributed by atoms with Gasteiger partial charge in [-0.1, -0.05) is 0 Å². The van der Waals surface area contributed by atoms with E-state index >= 15 is 0 Å². The van der Waals surface area contributed by atoms with Gasteiger partial charge in [0.15, 0.2) is 17.3 Å². The predicted octanol–water partition coefficient (Wildman–Crippen LogP) is 4.80. The fourth-order valence-electron chi connectivity index (χ4n) is 1.63. The Hall–Kier alpha value is -2.22. The van der Waals surface area contributed by atoms with Crippen molar-refractivity contribution in [3.05, 3.63) is 46.6 Å². The number of halogens is 3. The van der Waals surface area contributed by atoms with Crippen molar-refractivity contribution in [3.8, 4) is 17.4 Å². The molecular formula is C16H15BrF2N2O3. The van der Waals surface area contributed by atoms with Gasteiger partial charge in [-0.3, -0.25) is 0 Å². The van der Waals surface area contributed by atoms with E-state index in [0.29, 0.717) is 10.5 Å². The lowest BCUT2D eigenvalue weighted by molar-refractivity contribution is 0.188. The summed E-state index contributed by atoms with van der Waals surface area (Å²) in [6, 6.07) is 4.36. The highest BCUT2D eigenvalue weighted by Gasteiger charge is 2.17. The molecule has 1 N–H and O–H groups in total. The number of nitrogens with zero attached hydrogens (tertiary/aromatic N) is 1. The second-order valence-electron chi connectivity index (χ2n) is 5.89. The maximum absolute atomic E-state index is 13.6. The van der Waals surface area contributed by atoms with Crippen LogP contribution in [-0.2, 0) is 0 Å². The average Bonchev–Trinajstić information content (AvgIpc) is 2.42. The molecule has 2 rings (SSSR count). The summed E-state index contributed by atoms with van der Waals surface area (Å²) < 4.78 is 37.2. The normalized spacial score (nSPS) is 11.1. The molecule has 1 aromatic heterocycles. The summed E-state index contributed by atoms with van der Waals surface area (Å²) in [5.41, 5.74) is -0.447. The number of hydrogen-bond donors (Lipinski definition) is 1. The van der Waals surface area contributed by atoms with Crippen molar-refractivity contribution in [2.24, 2.45) is 0 Å². The van der Waals surface area contributed by atoms with Gasteiger partial charge < -0.3 is 14.8 Å². The van der Waals surface area contributed by atoms with E-state index in [1.54, 1.807) is 0 Å². The van der Waals surface area contributed by atoms with Gasteiger partial charge in [0.1, 0.15) is 5.82 Å². The van der Waals surface area contributed by atoms with Gasteiger partial charge in [0.25, 0.3) is 0 Å². The average molecular weight is 401 g/mol. The van der Waals surface area contributed by atoms with Gasteiger partial charge in [0, 0.05) is 17.7 Å². The molecule has 0 fully saturated rings. The van der Waals surface area contributed by atoms with E-state index in [0.717, 1.165) is 12.1 Å². The smallest absolute Gasteiger partial charge is 0.414 e. The Morgan fingerprint density at radius 1 is 1.21 bits per heavy atom. The van der Waals surface area contributed by atoms with Gasteiger partial charge >= 0.3 is 6.09 Å². The molecule has 24 heavy (non-hydrogen) atoms. The monoisotopic (exact) mass is 400 g/mol. The van der Waals surface area contributed by atoms with Crippen LogP contribution in [0.2, 0.25) is 0 Å². The first kappa shape index (κ1) is 18.1. The van der Waals surface area contributed by atoms with E-state index in [9.17, 15) is 13.6 Å². The Morgan fingerprint density at radius 2 is 1.92 bits per heavy atom. The molecule has 0 atom stereocenters. The Bertz CT molecular complexity index is 763. The maximum atomic E-state index is 13.6. The zero-order valence-electron chi connectivity index (χ0n) is 13.2. The molecule has 128 valence electrons. The molecule has 2 aromatic rings. The largest absolute Gasteiger partial charge is 0.451 e. The van der Waals surface area contributed by atoms with Crippen LogP contribution in [0.4, 0.5) is 13.6 Å². The summed E-state index contributed by atoms with van der Waals surface area (Å²) >= 11 is 3.22. The van der Waals surface area contributed by atoms with Gasteiger partial charge in [0.05, 0.1) is 10.7 Å². The van der Waals surface area contributed by atoms with Crippen molar-refractivity contribution >= 4 is 22.0 Å². The van der Waals surface area contributed by atoms with E-state index < -0.39 is 23.3 Å². The van der Waals surface area contributed by atoms with Crippen LogP contribution in [0.5, 0.6) is 17.4 Å². The van der Waals surface area contributed by atoms with Gasteiger partial charge in [-0.2, -0.15) is 0 Å². The summed E-state index contributed by atoms with van der Waals surface area (Å²) in [5.74, 6) is -1.48. The molecule has 0 spiro atoms. The van der Waals surface area contributed by atoms with Crippen LogP contribution >= 0.6 is 15.9 Å². The molecule has 0 aliphatic heterocycles. The lowest BCUT2D eigenvalue weighted by atomic mass is 10.1. The Labute approximate surface area is 146 Å². The molecule has 8 heteroatoms. The third kappa shape index (κ3) is 5.16. The summed E-state index contributed by atoms with van der Waals surface area (Å²) in [6.45, 7) is 5.43. The van der Waals surface area contributed by atoms with Crippen molar-refractivity contribution in [3.63, 3.8) is 0 Å². The first-order valence-corrected chi connectivity index (χ1v) is 7.72. The van der Waals surface area contributed by atoms with E-state index in [4.69, 9.17) is 9.47 Å². The molecule has 0 saturated heterocycles. The van der Waals surface area contributed by atoms with Crippen LogP contribution < -0.4 is 14.8 Å². The second kappa shape index (κ2) is 7.12. The fourth-order valence-corrected chi connectivity index (χ4v) is 2.01. The highest BCUT2D eigenvalue weighted by Crippen LogP contribution is 2.32. The minimum Gasteiger partial charge on any atom is -0.451 e. The highest BCUT2D eigenvalue weighted by molar-refractivity contribution is 9.10. The maximum Gasteiger partial charge on any atom is 0.414 e. The molecule has 1 heterocycles. The van der Waals surface area contributed by atoms with E-state index in [-0.39, 0.29) is 17.4 Å². The number of hydrogen-bond acceptors (Lipinski definition) is 4. The molecule has 0 radical (unpaired) electrons. The number of benzene rings is 1. The molecule has 5 nitrogen and oxygen atoms in total. The summed E-state index contributed by atoms with van der Waals surface area (Å²) in [6.07, 6.45) is 0.604. The molecule has 0 bridgehead atoms. The summed E-state index contributed by atoms with van der Waals surface area (Å²) in [7, 11) is 0. The number of rotatable bonds is 3. The molecule has 1 aromatic carbocycles. The van der Waals surface area contributed by atoms with Gasteiger partial charge in [0.2, 0.25) is 5.88 Å². The molecule has 0 aliphatic carbocycles. The van der Waals surface area contributed by atoms with Crippen LogP contribution in [0.1, 0.15) is 20.8 Å². The fraction of sp³-hybridized carbons (Fsp3) is 0.250.